The molecular weight excluding hydrogens is 486 g/mol. The van der Waals surface area contributed by atoms with Crippen molar-refractivity contribution >= 4 is 22.4 Å². The van der Waals surface area contributed by atoms with Crippen LogP contribution >= 0.6 is 11.3 Å². The summed E-state index contributed by atoms with van der Waals surface area (Å²) in [6.45, 7) is 0. The molecule has 0 saturated carbocycles. The van der Waals surface area contributed by atoms with E-state index in [1.807, 2.05) is 91.1 Å². The van der Waals surface area contributed by atoms with Crippen molar-refractivity contribution in [2.75, 3.05) is 14.2 Å². The van der Waals surface area contributed by atoms with Gasteiger partial charge in [0.05, 0.1) is 24.4 Å². The van der Waals surface area contributed by atoms with Gasteiger partial charge >= 0.3 is 0 Å². The predicted molar refractivity (Wildman–Crippen MR) is 143 cm³/mol. The molecule has 8 nitrogen and oxygen atoms in total. The second-order valence-corrected chi connectivity index (χ2v) is 9.20. The molecule has 3 aromatic carbocycles. The van der Waals surface area contributed by atoms with Crippen LogP contribution in [-0.4, -0.2) is 38.6 Å². The molecule has 6 rings (SSSR count). The zero-order chi connectivity index (χ0) is 25.4. The van der Waals surface area contributed by atoms with E-state index in [-0.39, 0.29) is 5.56 Å². The highest BCUT2D eigenvalue weighted by atomic mass is 32.1. The van der Waals surface area contributed by atoms with Crippen LogP contribution in [0.15, 0.2) is 89.9 Å². The average molecular weight is 508 g/mol. The molecular formula is C28H21N5O3S. The van der Waals surface area contributed by atoms with Gasteiger partial charge in [-0.1, -0.05) is 59.9 Å². The zero-order valence-electron chi connectivity index (χ0n) is 20.0. The number of rotatable bonds is 6. The normalized spacial score (nSPS) is 11.8. The van der Waals surface area contributed by atoms with E-state index in [2.05, 4.69) is 10.1 Å². The Bertz CT molecular complexity index is 1820. The molecule has 0 amide bonds. The molecule has 0 bridgehead atoms. The summed E-state index contributed by atoms with van der Waals surface area (Å²) < 4.78 is 14.6. The second-order valence-electron chi connectivity index (χ2n) is 8.19. The molecule has 182 valence electrons. The monoisotopic (exact) mass is 507 g/mol. The quantitative estimate of drug-likeness (QED) is 0.335. The predicted octanol–water partition coefficient (Wildman–Crippen LogP) is 4.24. The Morgan fingerprint density at radius 3 is 2.27 bits per heavy atom. The maximum absolute atomic E-state index is 13.3. The Balaban J connectivity index is 1.50. The molecule has 3 aromatic heterocycles. The fraction of sp³-hybridized carbons (Fsp3) is 0.0714. The van der Waals surface area contributed by atoms with E-state index >= 15 is 0 Å². The van der Waals surface area contributed by atoms with Crippen LogP contribution in [-0.2, 0) is 0 Å². The number of hydrogen-bond acceptors (Lipinski definition) is 7. The van der Waals surface area contributed by atoms with Gasteiger partial charge < -0.3 is 9.47 Å². The van der Waals surface area contributed by atoms with Crippen molar-refractivity contribution in [3.63, 3.8) is 0 Å². The fourth-order valence-electron chi connectivity index (χ4n) is 4.10. The van der Waals surface area contributed by atoms with Crippen LogP contribution < -0.4 is 19.6 Å². The lowest BCUT2D eigenvalue weighted by Gasteiger charge is -2.09. The minimum atomic E-state index is -0.222. The average Bonchev–Trinajstić information content (AvgIpc) is 3.64. The first-order chi connectivity index (χ1) is 18.1. The van der Waals surface area contributed by atoms with Crippen LogP contribution in [0.2, 0.25) is 0 Å². The van der Waals surface area contributed by atoms with E-state index in [1.165, 1.54) is 15.9 Å². The first-order valence-electron chi connectivity index (χ1n) is 11.5. The topological polar surface area (TPSA) is 83.5 Å². The van der Waals surface area contributed by atoms with Crippen molar-refractivity contribution < 1.29 is 9.47 Å². The number of hydrogen-bond donors (Lipinski definition) is 0. The maximum Gasteiger partial charge on any atom is 0.291 e. The van der Waals surface area contributed by atoms with E-state index < -0.39 is 0 Å². The van der Waals surface area contributed by atoms with Crippen molar-refractivity contribution in [2.45, 2.75) is 0 Å². The van der Waals surface area contributed by atoms with Gasteiger partial charge in [0.2, 0.25) is 4.96 Å². The highest BCUT2D eigenvalue weighted by molar-refractivity contribution is 7.15. The number of methoxy groups -OCH3 is 2. The number of fused-ring (bicyclic) bond motifs is 1. The molecule has 0 fully saturated rings. The molecule has 0 aliphatic rings. The van der Waals surface area contributed by atoms with Crippen LogP contribution in [0.3, 0.4) is 0 Å². The second kappa shape index (κ2) is 9.36. The molecule has 0 radical (unpaired) electrons. The highest BCUT2D eigenvalue weighted by Crippen LogP contribution is 2.33. The van der Waals surface area contributed by atoms with E-state index in [0.717, 1.165) is 22.4 Å². The van der Waals surface area contributed by atoms with Crippen LogP contribution in [0, 0.1) is 0 Å². The maximum atomic E-state index is 13.3. The molecule has 0 atom stereocenters. The Labute approximate surface area is 215 Å². The number of ether oxygens (including phenoxy) is 2. The molecule has 3 heterocycles. The molecule has 0 saturated heterocycles. The van der Waals surface area contributed by atoms with Crippen LogP contribution in [0.4, 0.5) is 0 Å². The van der Waals surface area contributed by atoms with Gasteiger partial charge in [0, 0.05) is 22.9 Å². The lowest BCUT2D eigenvalue weighted by atomic mass is 10.1. The number of nitrogens with zero attached hydrogens (tertiary/aromatic N) is 5. The van der Waals surface area contributed by atoms with Crippen molar-refractivity contribution in [3.05, 3.63) is 106 Å². The first kappa shape index (κ1) is 22.7. The van der Waals surface area contributed by atoms with Crippen molar-refractivity contribution in [1.29, 1.82) is 0 Å². The smallest absolute Gasteiger partial charge is 0.291 e. The van der Waals surface area contributed by atoms with Crippen LogP contribution in [0.1, 0.15) is 5.56 Å². The van der Waals surface area contributed by atoms with E-state index in [1.54, 1.807) is 18.9 Å². The standard InChI is InChI=1S/C28H21N5O3S/c1-35-22-14-13-19(15-23(22)36-2)25-20(17-32(30-25)21-11-7-4-8-12-21)16-24-27(34)33-28(37-24)29-26(31-33)18-9-5-3-6-10-18/h3-17H,1-2H3/b24-16-. The number of benzene rings is 3. The summed E-state index contributed by atoms with van der Waals surface area (Å²) >= 11 is 1.30. The van der Waals surface area contributed by atoms with E-state index in [4.69, 9.17) is 14.6 Å². The third-order valence-electron chi connectivity index (χ3n) is 5.92. The van der Waals surface area contributed by atoms with Gasteiger partial charge in [-0.25, -0.2) is 4.68 Å². The van der Waals surface area contributed by atoms with Gasteiger partial charge in [-0.15, -0.1) is 5.10 Å². The minimum absolute atomic E-state index is 0.222. The summed E-state index contributed by atoms with van der Waals surface area (Å²) in [6, 6.07) is 25.1. The van der Waals surface area contributed by atoms with Crippen molar-refractivity contribution in [1.82, 2.24) is 24.4 Å². The third-order valence-corrected chi connectivity index (χ3v) is 6.88. The van der Waals surface area contributed by atoms with Gasteiger partial charge in [0.25, 0.3) is 5.56 Å². The number of aromatic nitrogens is 5. The molecule has 0 aliphatic heterocycles. The van der Waals surface area contributed by atoms with Crippen molar-refractivity contribution in [2.24, 2.45) is 0 Å². The molecule has 6 aromatic rings. The first-order valence-corrected chi connectivity index (χ1v) is 12.3. The largest absolute Gasteiger partial charge is 0.493 e. The zero-order valence-corrected chi connectivity index (χ0v) is 20.8. The molecule has 0 N–H and O–H groups in total. The molecule has 9 heteroatoms. The summed E-state index contributed by atoms with van der Waals surface area (Å²) in [7, 11) is 3.19. The summed E-state index contributed by atoms with van der Waals surface area (Å²) in [5.41, 5.74) is 3.86. The third kappa shape index (κ3) is 4.15. The summed E-state index contributed by atoms with van der Waals surface area (Å²) in [5, 5.41) is 9.31. The lowest BCUT2D eigenvalue weighted by molar-refractivity contribution is 0.355. The molecule has 37 heavy (non-hydrogen) atoms. The SMILES string of the molecule is COc1ccc(-c2nn(-c3ccccc3)cc2/C=c2\sc3nc(-c4ccccc4)nn3c2=O)cc1OC. The summed E-state index contributed by atoms with van der Waals surface area (Å²) in [6.07, 6.45) is 3.75. The number of para-hydroxylation sites is 1. The van der Waals surface area contributed by atoms with Crippen molar-refractivity contribution in [3.8, 4) is 39.8 Å². The lowest BCUT2D eigenvalue weighted by Crippen LogP contribution is -2.23. The van der Waals surface area contributed by atoms with Crippen LogP contribution in [0.25, 0.3) is 39.4 Å². The Kier molecular flexibility index (Phi) is 5.74. The fourth-order valence-corrected chi connectivity index (χ4v) is 5.00. The van der Waals surface area contributed by atoms with Gasteiger partial charge in [-0.2, -0.15) is 14.6 Å². The molecule has 0 unspecified atom stereocenters. The van der Waals surface area contributed by atoms with Gasteiger partial charge in [-0.05, 0) is 36.4 Å². The summed E-state index contributed by atoms with van der Waals surface area (Å²) in [5.74, 6) is 1.75. The van der Waals surface area contributed by atoms with Gasteiger partial charge in [0.1, 0.15) is 5.69 Å². The number of thiazole rings is 1. The van der Waals surface area contributed by atoms with Gasteiger partial charge in [-0.3, -0.25) is 4.79 Å². The molecule has 0 spiro atoms. The minimum Gasteiger partial charge on any atom is -0.493 e. The van der Waals surface area contributed by atoms with E-state index in [0.29, 0.717) is 32.5 Å². The summed E-state index contributed by atoms with van der Waals surface area (Å²) in [4.78, 5) is 18.4. The Morgan fingerprint density at radius 2 is 1.57 bits per heavy atom. The molecule has 0 aliphatic carbocycles. The Hall–Kier alpha value is -4.76. The van der Waals surface area contributed by atoms with Crippen LogP contribution in [0.5, 0.6) is 11.5 Å². The Morgan fingerprint density at radius 1 is 0.838 bits per heavy atom. The van der Waals surface area contributed by atoms with Gasteiger partial charge in [0.15, 0.2) is 17.3 Å². The highest BCUT2D eigenvalue weighted by Gasteiger charge is 2.16. The van der Waals surface area contributed by atoms with E-state index in [9.17, 15) is 4.79 Å².